The molecular formula is C17H20N2O3. The third kappa shape index (κ3) is 1.23. The first-order valence-electron chi connectivity index (χ1n) is 7.88. The second kappa shape index (κ2) is 3.67. The molecule has 2 aliphatic heterocycles. The van der Waals surface area contributed by atoms with Gasteiger partial charge < -0.3 is 19.8 Å². The van der Waals surface area contributed by atoms with E-state index in [1.807, 2.05) is 6.07 Å². The van der Waals surface area contributed by atoms with Crippen LogP contribution in [-0.4, -0.2) is 46.6 Å². The number of ether oxygens (including phenoxy) is 1. The van der Waals surface area contributed by atoms with E-state index in [0.717, 1.165) is 24.9 Å². The highest BCUT2D eigenvalue weighted by Crippen LogP contribution is 2.63. The Morgan fingerprint density at radius 1 is 1.41 bits per heavy atom. The minimum Gasteiger partial charge on any atom is -0.504 e. The van der Waals surface area contributed by atoms with Crippen molar-refractivity contribution in [1.82, 2.24) is 4.90 Å². The van der Waals surface area contributed by atoms with Crippen LogP contribution in [0.2, 0.25) is 0 Å². The van der Waals surface area contributed by atoms with E-state index in [9.17, 15) is 10.2 Å². The van der Waals surface area contributed by atoms with Crippen LogP contribution in [-0.2, 0) is 11.8 Å². The number of hydrogen-bond donors (Lipinski definition) is 3. The molecule has 4 aliphatic rings. The molecule has 1 fully saturated rings. The zero-order chi connectivity index (χ0) is 15.3. The maximum Gasteiger partial charge on any atom is 0.171 e. The van der Waals surface area contributed by atoms with Gasteiger partial charge in [0.1, 0.15) is 0 Å². The van der Waals surface area contributed by atoms with E-state index in [-0.39, 0.29) is 17.1 Å². The molecule has 1 aromatic rings. The Balaban J connectivity index is 1.86. The van der Waals surface area contributed by atoms with Gasteiger partial charge in [-0.15, -0.1) is 0 Å². The largest absolute Gasteiger partial charge is 0.504 e. The van der Waals surface area contributed by atoms with Crippen molar-refractivity contribution in [3.8, 4) is 11.5 Å². The molecule has 0 amide bonds. The summed E-state index contributed by atoms with van der Waals surface area (Å²) >= 11 is 0. The van der Waals surface area contributed by atoms with Crippen molar-refractivity contribution in [3.63, 3.8) is 0 Å². The van der Waals surface area contributed by atoms with Crippen LogP contribution >= 0.6 is 0 Å². The average Bonchev–Trinajstić information content (AvgIpc) is 2.83. The minimum atomic E-state index is -1.50. The summed E-state index contributed by atoms with van der Waals surface area (Å²) in [5.74, 6) is 0.938. The van der Waals surface area contributed by atoms with Gasteiger partial charge in [-0.25, -0.2) is 0 Å². The van der Waals surface area contributed by atoms with Crippen molar-refractivity contribution >= 4 is 0 Å². The smallest absolute Gasteiger partial charge is 0.171 e. The van der Waals surface area contributed by atoms with Crippen molar-refractivity contribution in [2.75, 3.05) is 13.6 Å². The fourth-order valence-corrected chi connectivity index (χ4v) is 5.34. The summed E-state index contributed by atoms with van der Waals surface area (Å²) in [6, 6.07) is 4.08. The van der Waals surface area contributed by atoms with Crippen LogP contribution in [0, 0.1) is 5.92 Å². The maximum atomic E-state index is 10.7. The van der Waals surface area contributed by atoms with Gasteiger partial charge in [-0.1, -0.05) is 12.1 Å². The number of aromatic hydroxyl groups is 1. The molecule has 4 N–H and O–H groups in total. The van der Waals surface area contributed by atoms with Crippen LogP contribution in [0.3, 0.4) is 0 Å². The minimum absolute atomic E-state index is 0.148. The zero-order valence-corrected chi connectivity index (χ0v) is 12.5. The summed E-state index contributed by atoms with van der Waals surface area (Å²) in [5.41, 5.74) is 6.62. The fourth-order valence-electron chi connectivity index (χ4n) is 5.34. The first-order chi connectivity index (χ1) is 10.4. The SMILES string of the molecule is CN1CC[C@]23c4c5ccc(O)c4O[C@H]2[C@@](N)(O)C=C[C@H]3[C@H]1C5. The van der Waals surface area contributed by atoms with Crippen LogP contribution in [0.1, 0.15) is 17.5 Å². The molecule has 1 aromatic carbocycles. The number of phenols is 1. The molecule has 2 aliphatic carbocycles. The maximum absolute atomic E-state index is 10.7. The van der Waals surface area contributed by atoms with E-state index in [4.69, 9.17) is 10.5 Å². The molecule has 5 atom stereocenters. The highest BCUT2D eigenvalue weighted by atomic mass is 16.5. The lowest BCUT2D eigenvalue weighted by Gasteiger charge is -2.57. The summed E-state index contributed by atoms with van der Waals surface area (Å²) in [6.07, 6.45) is 5.04. The molecule has 0 saturated carbocycles. The molecule has 1 saturated heterocycles. The van der Waals surface area contributed by atoms with Gasteiger partial charge >= 0.3 is 0 Å². The first kappa shape index (κ1) is 12.9. The number of nitrogens with zero attached hydrogens (tertiary/aromatic N) is 1. The van der Waals surface area contributed by atoms with E-state index in [0.29, 0.717) is 11.8 Å². The van der Waals surface area contributed by atoms with Crippen molar-refractivity contribution in [1.29, 1.82) is 0 Å². The van der Waals surface area contributed by atoms with Gasteiger partial charge in [-0.2, -0.15) is 0 Å². The molecule has 5 rings (SSSR count). The number of rotatable bonds is 0. The van der Waals surface area contributed by atoms with Crippen molar-refractivity contribution in [2.45, 2.75) is 36.1 Å². The normalized spacial score (nSPS) is 44.6. The predicted molar refractivity (Wildman–Crippen MR) is 80.7 cm³/mol. The van der Waals surface area contributed by atoms with Gasteiger partial charge in [-0.05, 0) is 44.1 Å². The number of hydrogen-bond acceptors (Lipinski definition) is 5. The van der Waals surface area contributed by atoms with E-state index in [1.54, 1.807) is 12.1 Å². The van der Waals surface area contributed by atoms with E-state index in [2.05, 4.69) is 18.0 Å². The third-order valence-corrected chi connectivity index (χ3v) is 6.27. The number of nitrogens with two attached hydrogens (primary N) is 1. The number of aliphatic hydroxyl groups is 1. The summed E-state index contributed by atoms with van der Waals surface area (Å²) in [4.78, 5) is 2.39. The lowest BCUT2D eigenvalue weighted by Crippen LogP contribution is -2.70. The van der Waals surface area contributed by atoms with Crippen LogP contribution in [0.5, 0.6) is 11.5 Å². The molecule has 2 heterocycles. The number of likely N-dealkylation sites (tertiary alicyclic amines) is 1. The highest BCUT2D eigenvalue weighted by Gasteiger charge is 2.67. The van der Waals surface area contributed by atoms with Gasteiger partial charge in [0.25, 0.3) is 0 Å². The van der Waals surface area contributed by atoms with Gasteiger partial charge in [0.15, 0.2) is 23.3 Å². The van der Waals surface area contributed by atoms with E-state index >= 15 is 0 Å². The number of likely N-dealkylation sites (N-methyl/N-ethyl adjacent to an activating group) is 1. The van der Waals surface area contributed by atoms with Gasteiger partial charge in [0.2, 0.25) is 0 Å². The lowest BCUT2D eigenvalue weighted by atomic mass is 9.52. The second-order valence-electron chi connectivity index (χ2n) is 7.26. The second-order valence-corrected chi connectivity index (χ2v) is 7.26. The van der Waals surface area contributed by atoms with Gasteiger partial charge in [-0.3, -0.25) is 5.73 Å². The zero-order valence-electron chi connectivity index (χ0n) is 12.5. The van der Waals surface area contributed by atoms with Gasteiger partial charge in [0, 0.05) is 22.9 Å². The molecule has 1 spiro atoms. The fraction of sp³-hybridized carbons (Fsp3) is 0.529. The Bertz CT molecular complexity index is 714. The molecule has 22 heavy (non-hydrogen) atoms. The van der Waals surface area contributed by atoms with Crippen LogP contribution in [0.15, 0.2) is 24.3 Å². The molecule has 0 aromatic heterocycles. The standard InChI is InChI=1S/C17H20N2O3/c1-19-7-6-16-10-4-5-17(18,21)15(16)22-14-12(20)3-2-9(13(14)16)8-11(10)19/h2-5,10-11,15,20-21H,6-8,18H2,1H3/t10-,11+,15+,16-,17-/m0/s1. The Kier molecular flexibility index (Phi) is 2.16. The number of benzene rings is 1. The molecule has 0 radical (unpaired) electrons. The topological polar surface area (TPSA) is 79.0 Å². The number of phenolic OH excluding ortho intramolecular Hbond substituents is 1. The Morgan fingerprint density at radius 2 is 2.23 bits per heavy atom. The van der Waals surface area contributed by atoms with E-state index < -0.39 is 11.8 Å². The monoisotopic (exact) mass is 300 g/mol. The van der Waals surface area contributed by atoms with Crippen molar-refractivity contribution in [2.24, 2.45) is 11.7 Å². The first-order valence-corrected chi connectivity index (χ1v) is 7.88. The van der Waals surface area contributed by atoms with Crippen LogP contribution in [0.4, 0.5) is 0 Å². The average molecular weight is 300 g/mol. The summed E-state index contributed by atoms with van der Waals surface area (Å²) < 4.78 is 6.07. The molecular weight excluding hydrogens is 280 g/mol. The van der Waals surface area contributed by atoms with Crippen molar-refractivity contribution in [3.05, 3.63) is 35.4 Å². The molecule has 116 valence electrons. The van der Waals surface area contributed by atoms with Crippen LogP contribution in [0.25, 0.3) is 0 Å². The highest BCUT2D eigenvalue weighted by molar-refractivity contribution is 5.62. The Hall–Kier alpha value is -1.56. The molecule has 5 heteroatoms. The predicted octanol–water partition coefficient (Wildman–Crippen LogP) is 0.485. The summed E-state index contributed by atoms with van der Waals surface area (Å²) in [6.45, 7) is 0.944. The quantitative estimate of drug-likeness (QED) is 0.480. The third-order valence-electron chi connectivity index (χ3n) is 6.27. The van der Waals surface area contributed by atoms with Crippen LogP contribution < -0.4 is 10.5 Å². The Morgan fingerprint density at radius 3 is 3.05 bits per heavy atom. The number of piperidine rings is 1. The molecule has 0 unspecified atom stereocenters. The summed E-state index contributed by atoms with van der Waals surface area (Å²) in [7, 11) is 2.16. The van der Waals surface area contributed by atoms with Gasteiger partial charge in [0.05, 0.1) is 0 Å². The van der Waals surface area contributed by atoms with Crippen molar-refractivity contribution < 1.29 is 14.9 Å². The molecule has 2 bridgehead atoms. The molecule has 5 nitrogen and oxygen atoms in total. The van der Waals surface area contributed by atoms with E-state index in [1.165, 1.54) is 5.56 Å². The summed E-state index contributed by atoms with van der Waals surface area (Å²) in [5, 5.41) is 20.9. The Labute approximate surface area is 129 Å². The lowest BCUT2D eigenvalue weighted by molar-refractivity contribution is -0.0949.